The lowest BCUT2D eigenvalue weighted by Gasteiger charge is -2.32. The first kappa shape index (κ1) is 19.2. The molecule has 0 aliphatic carbocycles. The Bertz CT molecular complexity index is 688. The van der Waals surface area contributed by atoms with E-state index in [1.807, 2.05) is 54.6 Å². The number of nitrogens with one attached hydrogen (secondary N) is 3. The average molecular weight is 362 g/mol. The van der Waals surface area contributed by atoms with Crippen LogP contribution in [0.1, 0.15) is 12.8 Å². The van der Waals surface area contributed by atoms with E-state index in [9.17, 15) is 9.90 Å². The first-order valence-electron chi connectivity index (χ1n) is 8.29. The van der Waals surface area contributed by atoms with E-state index >= 15 is 0 Å². The summed E-state index contributed by atoms with van der Waals surface area (Å²) in [6, 6.07) is 17.3. The van der Waals surface area contributed by atoms with E-state index in [0.29, 0.717) is 13.0 Å². The summed E-state index contributed by atoms with van der Waals surface area (Å²) >= 11 is 0. The van der Waals surface area contributed by atoms with Gasteiger partial charge in [0.25, 0.3) is 0 Å². The van der Waals surface area contributed by atoms with Crippen molar-refractivity contribution >= 4 is 24.1 Å². The predicted molar refractivity (Wildman–Crippen MR) is 103 cm³/mol. The Morgan fingerprint density at radius 2 is 1.84 bits per heavy atom. The highest BCUT2D eigenvalue weighted by atomic mass is 35.5. The number of carbonyl (C=O) groups excluding carboxylic acids is 1. The number of aliphatic hydroxyl groups is 1. The molecule has 2 aromatic rings. The fraction of sp³-hybridized carbons (Fsp3) is 0.316. The molecule has 1 saturated heterocycles. The molecule has 4 N–H and O–H groups in total. The molecule has 0 spiro atoms. The molecule has 0 aromatic heterocycles. The largest absolute Gasteiger partial charge is 0.387 e. The third kappa shape index (κ3) is 5.19. The van der Waals surface area contributed by atoms with E-state index in [0.717, 1.165) is 29.8 Å². The van der Waals surface area contributed by atoms with Crippen molar-refractivity contribution in [1.82, 2.24) is 10.6 Å². The van der Waals surface area contributed by atoms with Gasteiger partial charge < -0.3 is 21.1 Å². The van der Waals surface area contributed by atoms with Gasteiger partial charge in [-0.25, -0.2) is 4.79 Å². The van der Waals surface area contributed by atoms with E-state index in [4.69, 9.17) is 0 Å². The van der Waals surface area contributed by atoms with Crippen molar-refractivity contribution < 1.29 is 9.90 Å². The van der Waals surface area contributed by atoms with Gasteiger partial charge in [-0.3, -0.25) is 0 Å². The lowest BCUT2D eigenvalue weighted by Crippen LogP contribution is -2.53. The Labute approximate surface area is 154 Å². The minimum Gasteiger partial charge on any atom is -0.387 e. The number of hydrogen-bond acceptors (Lipinski definition) is 3. The summed E-state index contributed by atoms with van der Waals surface area (Å²) in [6.07, 6.45) is 1.61. The van der Waals surface area contributed by atoms with Crippen molar-refractivity contribution in [3.8, 4) is 11.1 Å². The maximum Gasteiger partial charge on any atom is 0.319 e. The zero-order valence-electron chi connectivity index (χ0n) is 14.0. The van der Waals surface area contributed by atoms with Crippen LogP contribution >= 0.6 is 12.4 Å². The number of benzene rings is 2. The van der Waals surface area contributed by atoms with E-state index in [1.165, 1.54) is 0 Å². The summed E-state index contributed by atoms with van der Waals surface area (Å²) in [4.78, 5) is 12.2. The lowest BCUT2D eigenvalue weighted by atomic mass is 9.94. The van der Waals surface area contributed by atoms with Crippen LogP contribution in [0.4, 0.5) is 10.5 Å². The number of anilines is 1. The van der Waals surface area contributed by atoms with Crippen LogP contribution < -0.4 is 16.0 Å². The Balaban J connectivity index is 0.00000225. The monoisotopic (exact) mass is 361 g/mol. The topological polar surface area (TPSA) is 73.4 Å². The number of β-amino-alcohol motifs (C(OH)–C–C–N with tert-alkyl or cyclic N) is 1. The Morgan fingerprint density at radius 1 is 1.12 bits per heavy atom. The first-order chi connectivity index (χ1) is 11.7. The van der Waals surface area contributed by atoms with Crippen molar-refractivity contribution in [2.24, 2.45) is 0 Å². The second kappa shape index (κ2) is 8.85. The van der Waals surface area contributed by atoms with E-state index in [2.05, 4.69) is 16.0 Å². The zero-order valence-corrected chi connectivity index (χ0v) is 14.8. The van der Waals surface area contributed by atoms with Crippen LogP contribution in [-0.2, 0) is 0 Å². The van der Waals surface area contributed by atoms with Crippen molar-refractivity contribution in [3.05, 3.63) is 54.6 Å². The molecule has 1 heterocycles. The van der Waals surface area contributed by atoms with E-state index in [-0.39, 0.29) is 25.0 Å². The van der Waals surface area contributed by atoms with Gasteiger partial charge >= 0.3 is 6.03 Å². The molecule has 2 amide bonds. The number of hydrogen-bond donors (Lipinski definition) is 4. The number of halogens is 1. The maximum atomic E-state index is 12.2. The van der Waals surface area contributed by atoms with Crippen molar-refractivity contribution in [3.63, 3.8) is 0 Å². The molecule has 1 unspecified atom stereocenters. The van der Waals surface area contributed by atoms with Crippen LogP contribution in [0.3, 0.4) is 0 Å². The summed E-state index contributed by atoms with van der Waals surface area (Å²) in [5.74, 6) is 0. The molecule has 6 heteroatoms. The molecule has 2 aromatic carbocycles. The third-order valence-electron chi connectivity index (χ3n) is 4.29. The maximum absolute atomic E-state index is 12.2. The van der Waals surface area contributed by atoms with Gasteiger partial charge in [0, 0.05) is 18.7 Å². The minimum absolute atomic E-state index is 0. The van der Waals surface area contributed by atoms with Crippen molar-refractivity contribution in [1.29, 1.82) is 0 Å². The van der Waals surface area contributed by atoms with E-state index < -0.39 is 5.60 Å². The first-order valence-corrected chi connectivity index (χ1v) is 8.29. The third-order valence-corrected chi connectivity index (χ3v) is 4.29. The fourth-order valence-corrected chi connectivity index (χ4v) is 2.98. The lowest BCUT2D eigenvalue weighted by molar-refractivity contribution is 0.0198. The highest BCUT2D eigenvalue weighted by Gasteiger charge is 2.29. The number of piperidine rings is 1. The molecule has 5 nitrogen and oxygen atoms in total. The molecule has 3 rings (SSSR count). The number of para-hydroxylation sites is 1. The molecular formula is C19H24ClN3O2. The van der Waals surface area contributed by atoms with Crippen molar-refractivity contribution in [2.45, 2.75) is 18.4 Å². The van der Waals surface area contributed by atoms with Crippen LogP contribution in [0.5, 0.6) is 0 Å². The van der Waals surface area contributed by atoms with Gasteiger partial charge in [0.15, 0.2) is 0 Å². The van der Waals surface area contributed by atoms with E-state index in [1.54, 1.807) is 0 Å². The van der Waals surface area contributed by atoms with Crippen LogP contribution in [0.2, 0.25) is 0 Å². The summed E-state index contributed by atoms with van der Waals surface area (Å²) in [7, 11) is 0. The molecule has 0 saturated carbocycles. The standard InChI is InChI=1S/C19H23N3O2.ClH/c23-18(21-14-19(24)11-6-12-20-13-19)22-17-10-5-4-9-16(17)15-7-2-1-3-8-15;/h1-5,7-10,20,24H,6,11-14H2,(H2,21,22,23);1H. The average Bonchev–Trinajstić information content (AvgIpc) is 2.62. The molecule has 1 aliphatic heterocycles. The molecule has 0 bridgehead atoms. The molecule has 0 radical (unpaired) electrons. The predicted octanol–water partition coefficient (Wildman–Crippen LogP) is 3.01. The molecule has 134 valence electrons. The van der Waals surface area contributed by atoms with Crippen molar-refractivity contribution in [2.75, 3.05) is 25.0 Å². The smallest absolute Gasteiger partial charge is 0.319 e. The van der Waals surface area contributed by atoms with Gasteiger partial charge in [-0.1, -0.05) is 48.5 Å². The molecule has 1 fully saturated rings. The normalized spacial score (nSPS) is 19.6. The minimum atomic E-state index is -0.867. The fourth-order valence-electron chi connectivity index (χ4n) is 2.98. The summed E-state index contributed by atoms with van der Waals surface area (Å²) in [5.41, 5.74) is 1.89. The van der Waals surface area contributed by atoms with Gasteiger partial charge in [0.1, 0.15) is 0 Å². The summed E-state index contributed by atoms with van der Waals surface area (Å²) in [6.45, 7) is 1.66. The number of amides is 2. The van der Waals surface area contributed by atoms with Crippen LogP contribution in [0.15, 0.2) is 54.6 Å². The number of rotatable bonds is 4. The summed E-state index contributed by atoms with van der Waals surface area (Å²) in [5, 5.41) is 19.2. The zero-order chi connectivity index (χ0) is 16.8. The van der Waals surface area contributed by atoms with Gasteiger partial charge in [0.2, 0.25) is 0 Å². The van der Waals surface area contributed by atoms with Crippen LogP contribution in [0, 0.1) is 0 Å². The molecule has 25 heavy (non-hydrogen) atoms. The Hall–Kier alpha value is -2.08. The molecular weight excluding hydrogens is 338 g/mol. The van der Waals surface area contributed by atoms with Gasteiger partial charge in [-0.15, -0.1) is 12.4 Å². The highest BCUT2D eigenvalue weighted by molar-refractivity contribution is 5.94. The summed E-state index contributed by atoms with van der Waals surface area (Å²) < 4.78 is 0. The highest BCUT2D eigenvalue weighted by Crippen LogP contribution is 2.27. The second-order valence-electron chi connectivity index (χ2n) is 6.22. The number of urea groups is 1. The van der Waals surface area contributed by atoms with Gasteiger partial charge in [-0.05, 0) is 31.0 Å². The SMILES string of the molecule is Cl.O=C(NCC1(O)CCCNC1)Nc1ccccc1-c1ccccc1. The Morgan fingerprint density at radius 3 is 2.56 bits per heavy atom. The molecule has 1 aliphatic rings. The Kier molecular flexibility index (Phi) is 6.82. The second-order valence-corrected chi connectivity index (χ2v) is 6.22. The van der Waals surface area contributed by atoms with Crippen LogP contribution in [0.25, 0.3) is 11.1 Å². The van der Waals surface area contributed by atoms with Gasteiger partial charge in [0.05, 0.1) is 11.3 Å². The van der Waals surface area contributed by atoms with Crippen LogP contribution in [-0.4, -0.2) is 36.4 Å². The quantitative estimate of drug-likeness (QED) is 0.676. The van der Waals surface area contributed by atoms with Gasteiger partial charge in [-0.2, -0.15) is 0 Å². The number of carbonyl (C=O) groups is 1. The molecule has 1 atom stereocenters.